The number of aliphatic hydroxyl groups excluding tert-OH is 1. The zero-order chi connectivity index (χ0) is 27.7. The minimum absolute atomic E-state index is 0.139. The van der Waals surface area contributed by atoms with Gasteiger partial charge in [0.2, 0.25) is 0 Å². The van der Waals surface area contributed by atoms with Crippen molar-refractivity contribution in [1.82, 2.24) is 0 Å². The molecule has 0 amide bonds. The zero-order valence-electron chi connectivity index (χ0n) is 25.9. The highest BCUT2D eigenvalue weighted by Crippen LogP contribution is 2.53. The van der Waals surface area contributed by atoms with Crippen LogP contribution in [-0.4, -0.2) is 40.1 Å². The standard InChI is InChI=1S/C31H60O3Si2/c1-14-15-16-22(2)19-24(33-35(10,11)30(4,5)6)17-18-25-26-20-23(3)29(32)27(26)21-28(25)34-36(12,13)31(7,8)9/h17-18,22,24-29,32H,3,14-16,19-21H2,1-2,4-13H3/t22-,24-,25+,26-,27+,28-,29?/m1/s1. The van der Waals surface area contributed by atoms with Crippen molar-refractivity contribution in [3.8, 4) is 0 Å². The molecule has 36 heavy (non-hydrogen) atoms. The van der Waals surface area contributed by atoms with Crippen molar-refractivity contribution < 1.29 is 14.0 Å². The average Bonchev–Trinajstić information content (AvgIpc) is 3.17. The van der Waals surface area contributed by atoms with Gasteiger partial charge >= 0.3 is 0 Å². The lowest BCUT2D eigenvalue weighted by Crippen LogP contribution is -2.45. The van der Waals surface area contributed by atoms with Gasteiger partial charge in [0.1, 0.15) is 0 Å². The van der Waals surface area contributed by atoms with Crippen molar-refractivity contribution in [2.45, 2.75) is 148 Å². The molecule has 2 saturated carbocycles. The van der Waals surface area contributed by atoms with Crippen molar-refractivity contribution in [3.63, 3.8) is 0 Å². The Morgan fingerprint density at radius 2 is 1.61 bits per heavy atom. The second-order valence-corrected chi connectivity index (χ2v) is 24.7. The normalized spacial score (nSPS) is 29.7. The maximum atomic E-state index is 10.9. The zero-order valence-corrected chi connectivity index (χ0v) is 27.9. The van der Waals surface area contributed by atoms with Crippen LogP contribution in [0.4, 0.5) is 0 Å². The molecular weight excluding hydrogens is 477 g/mol. The van der Waals surface area contributed by atoms with Gasteiger partial charge in [0.25, 0.3) is 0 Å². The van der Waals surface area contributed by atoms with Crippen molar-refractivity contribution in [2.75, 3.05) is 0 Å². The maximum Gasteiger partial charge on any atom is 0.192 e. The molecule has 0 aromatic heterocycles. The second-order valence-electron chi connectivity index (χ2n) is 15.1. The Morgan fingerprint density at radius 1 is 1.03 bits per heavy atom. The van der Waals surface area contributed by atoms with E-state index in [1.807, 2.05) is 0 Å². The quantitative estimate of drug-likeness (QED) is 0.211. The Hall–Kier alpha value is -0.206. The molecule has 2 aliphatic rings. The summed E-state index contributed by atoms with van der Waals surface area (Å²) in [5, 5.41) is 11.3. The molecule has 0 heterocycles. The highest BCUT2D eigenvalue weighted by molar-refractivity contribution is 6.74. The van der Waals surface area contributed by atoms with E-state index in [1.54, 1.807) is 0 Å². The molecule has 2 aliphatic carbocycles. The first-order valence-corrected chi connectivity index (χ1v) is 20.5. The van der Waals surface area contributed by atoms with Gasteiger partial charge in [0.05, 0.1) is 18.3 Å². The van der Waals surface area contributed by atoms with E-state index in [4.69, 9.17) is 8.85 Å². The maximum absolute atomic E-state index is 10.9. The van der Waals surface area contributed by atoms with Crippen molar-refractivity contribution in [1.29, 1.82) is 0 Å². The largest absolute Gasteiger partial charge is 0.413 e. The number of hydrogen-bond donors (Lipinski definition) is 1. The monoisotopic (exact) mass is 536 g/mol. The van der Waals surface area contributed by atoms with Gasteiger partial charge in [-0.15, -0.1) is 0 Å². The summed E-state index contributed by atoms with van der Waals surface area (Å²) in [5.74, 6) is 1.65. The van der Waals surface area contributed by atoms with Gasteiger partial charge in [0.15, 0.2) is 16.6 Å². The van der Waals surface area contributed by atoms with Crippen molar-refractivity contribution in [3.05, 3.63) is 24.3 Å². The first-order valence-electron chi connectivity index (χ1n) is 14.7. The van der Waals surface area contributed by atoms with Gasteiger partial charge < -0.3 is 14.0 Å². The van der Waals surface area contributed by atoms with Gasteiger partial charge in [-0.2, -0.15) is 0 Å². The number of aliphatic hydroxyl groups is 1. The van der Waals surface area contributed by atoms with Crippen LogP contribution in [0.5, 0.6) is 0 Å². The minimum Gasteiger partial charge on any atom is -0.413 e. The van der Waals surface area contributed by atoms with E-state index in [9.17, 15) is 5.11 Å². The van der Waals surface area contributed by atoms with Crippen LogP contribution in [0.2, 0.25) is 36.3 Å². The molecule has 0 radical (unpaired) electrons. The van der Waals surface area contributed by atoms with Crippen LogP contribution in [-0.2, 0) is 8.85 Å². The Bertz CT molecular complexity index is 759. The van der Waals surface area contributed by atoms with Crippen LogP contribution < -0.4 is 0 Å². The van der Waals surface area contributed by atoms with E-state index >= 15 is 0 Å². The fourth-order valence-electron chi connectivity index (χ4n) is 5.53. The molecule has 2 rings (SSSR count). The van der Waals surface area contributed by atoms with Crippen LogP contribution in [0.3, 0.4) is 0 Å². The van der Waals surface area contributed by atoms with E-state index in [-0.39, 0.29) is 34.3 Å². The number of fused-ring (bicyclic) bond motifs is 1. The fraction of sp³-hybridized carbons (Fsp3) is 0.871. The lowest BCUT2D eigenvalue weighted by molar-refractivity contribution is 0.128. The third kappa shape index (κ3) is 7.68. The molecule has 0 aromatic carbocycles. The summed E-state index contributed by atoms with van der Waals surface area (Å²) in [7, 11) is -3.82. The van der Waals surface area contributed by atoms with Crippen molar-refractivity contribution >= 4 is 16.6 Å². The van der Waals surface area contributed by atoms with E-state index < -0.39 is 16.6 Å². The van der Waals surface area contributed by atoms with Crippen LogP contribution >= 0.6 is 0 Å². The molecule has 7 atom stereocenters. The SMILES string of the molecule is C=C1C[C@@H]2[C@H](C=C[C@H](C[C@H](C)CCCC)O[Si](C)(C)C(C)(C)C)[C@H](O[Si](C)(C)C(C)(C)C)C[C@@H]2C1O. The Morgan fingerprint density at radius 3 is 2.14 bits per heavy atom. The van der Waals surface area contributed by atoms with Crippen LogP contribution in [0.25, 0.3) is 0 Å². The first-order chi connectivity index (χ1) is 16.3. The summed E-state index contributed by atoms with van der Waals surface area (Å²) in [5.41, 5.74) is 1.01. The van der Waals surface area contributed by atoms with Crippen molar-refractivity contribution in [2.24, 2.45) is 23.7 Å². The average molecular weight is 537 g/mol. The molecule has 3 nitrogen and oxygen atoms in total. The predicted molar refractivity (Wildman–Crippen MR) is 161 cm³/mol. The summed E-state index contributed by atoms with van der Waals surface area (Å²) >= 11 is 0. The third-order valence-corrected chi connectivity index (χ3v) is 19.0. The molecule has 2 fully saturated rings. The lowest BCUT2D eigenvalue weighted by Gasteiger charge is -2.40. The van der Waals surface area contributed by atoms with Gasteiger partial charge in [-0.25, -0.2) is 0 Å². The molecule has 210 valence electrons. The summed E-state index contributed by atoms with van der Waals surface area (Å²) in [6.45, 7) is 32.3. The van der Waals surface area contributed by atoms with Gasteiger partial charge in [-0.05, 0) is 78.9 Å². The summed E-state index contributed by atoms with van der Waals surface area (Å²) in [4.78, 5) is 0. The number of hydrogen-bond acceptors (Lipinski definition) is 3. The molecule has 1 unspecified atom stereocenters. The Balaban J connectivity index is 2.34. The van der Waals surface area contributed by atoms with E-state index in [2.05, 4.69) is 100 Å². The lowest BCUT2D eigenvalue weighted by atomic mass is 9.89. The summed E-state index contributed by atoms with van der Waals surface area (Å²) < 4.78 is 14.0. The third-order valence-electron chi connectivity index (χ3n) is 10.0. The van der Waals surface area contributed by atoms with Gasteiger partial charge in [-0.3, -0.25) is 0 Å². The second kappa shape index (κ2) is 11.9. The number of rotatable bonds is 11. The molecule has 0 bridgehead atoms. The topological polar surface area (TPSA) is 38.7 Å². The van der Waals surface area contributed by atoms with Gasteiger partial charge in [0, 0.05) is 5.92 Å². The molecule has 5 heteroatoms. The molecular formula is C31H60O3Si2. The molecule has 0 saturated heterocycles. The van der Waals surface area contributed by atoms with Gasteiger partial charge in [-0.1, -0.05) is 93.4 Å². The molecule has 0 spiro atoms. The van der Waals surface area contributed by atoms with E-state index in [0.29, 0.717) is 17.8 Å². The Kier molecular flexibility index (Phi) is 10.6. The summed E-state index contributed by atoms with van der Waals surface area (Å²) in [6.07, 6.45) is 11.5. The van der Waals surface area contributed by atoms with Crippen LogP contribution in [0.1, 0.15) is 93.9 Å². The Labute approximate surface area is 226 Å². The fourth-order valence-corrected chi connectivity index (χ4v) is 8.18. The summed E-state index contributed by atoms with van der Waals surface area (Å²) in [6, 6.07) is 0. The molecule has 1 N–H and O–H groups in total. The molecule has 0 aliphatic heterocycles. The van der Waals surface area contributed by atoms with Crippen LogP contribution in [0, 0.1) is 23.7 Å². The number of unbranched alkanes of at least 4 members (excludes halogenated alkanes) is 1. The highest BCUT2D eigenvalue weighted by Gasteiger charge is 2.52. The smallest absolute Gasteiger partial charge is 0.192 e. The minimum atomic E-state index is -1.92. The first kappa shape index (κ1) is 32.0. The predicted octanol–water partition coefficient (Wildman–Crippen LogP) is 9.11. The van der Waals surface area contributed by atoms with E-state index in [0.717, 1.165) is 24.8 Å². The van der Waals surface area contributed by atoms with Crippen LogP contribution in [0.15, 0.2) is 24.3 Å². The van der Waals surface area contributed by atoms with E-state index in [1.165, 1.54) is 19.3 Å². The highest BCUT2D eigenvalue weighted by atomic mass is 28.4. The molecule has 0 aromatic rings.